The van der Waals surface area contributed by atoms with Gasteiger partial charge in [0.2, 0.25) is 5.91 Å². The van der Waals surface area contributed by atoms with Crippen LogP contribution in [0.5, 0.6) is 0 Å². The first-order valence-electron chi connectivity index (χ1n) is 15.0. The van der Waals surface area contributed by atoms with E-state index in [2.05, 4.69) is 29.0 Å². The summed E-state index contributed by atoms with van der Waals surface area (Å²) >= 11 is 0. The van der Waals surface area contributed by atoms with E-state index >= 15 is 0 Å². The Morgan fingerprint density at radius 2 is 1.70 bits per heavy atom. The van der Waals surface area contributed by atoms with Crippen LogP contribution < -0.4 is 5.32 Å². The minimum atomic E-state index is -0.889. The number of ether oxygens (including phenoxy) is 1. The number of rotatable bonds is 13. The number of morpholine rings is 1. The van der Waals surface area contributed by atoms with Crippen LogP contribution in [-0.2, 0) is 16.1 Å². The smallest absolute Gasteiger partial charge is 0.290 e. The van der Waals surface area contributed by atoms with Gasteiger partial charge in [-0.3, -0.25) is 14.5 Å². The van der Waals surface area contributed by atoms with Crippen LogP contribution in [0.15, 0.2) is 40.8 Å². The summed E-state index contributed by atoms with van der Waals surface area (Å²) in [7, 11) is 0. The molecule has 1 aliphatic heterocycles. The van der Waals surface area contributed by atoms with Crippen molar-refractivity contribution in [2.75, 3.05) is 52.5 Å². The number of amides is 2. The minimum absolute atomic E-state index is 0.0839. The molecule has 0 spiro atoms. The summed E-state index contributed by atoms with van der Waals surface area (Å²) in [6.45, 7) is 10.8. The number of carbonyl (C=O) groups excluding carboxylic acids is 2. The number of nitrogens with one attached hydrogen (secondary N) is 1. The van der Waals surface area contributed by atoms with Crippen LogP contribution in [0.25, 0.3) is 0 Å². The fourth-order valence-corrected chi connectivity index (χ4v) is 5.70. The first kappa shape index (κ1) is 30.2. The third kappa shape index (κ3) is 8.38. The van der Waals surface area contributed by atoms with E-state index in [1.807, 2.05) is 6.07 Å². The van der Waals surface area contributed by atoms with E-state index in [-0.39, 0.29) is 29.4 Å². The van der Waals surface area contributed by atoms with Crippen molar-refractivity contribution in [2.45, 2.75) is 71.0 Å². The monoisotopic (exact) mass is 556 g/mol. The molecule has 220 valence electrons. The zero-order valence-corrected chi connectivity index (χ0v) is 24.1. The Balaban J connectivity index is 1.60. The molecule has 0 radical (unpaired) electrons. The van der Waals surface area contributed by atoms with Crippen molar-refractivity contribution >= 4 is 11.8 Å². The van der Waals surface area contributed by atoms with Crippen LogP contribution >= 0.6 is 0 Å². The van der Waals surface area contributed by atoms with Gasteiger partial charge in [-0.2, -0.15) is 0 Å². The highest BCUT2D eigenvalue weighted by Crippen LogP contribution is 2.27. The molecular weight excluding hydrogens is 511 g/mol. The maximum atomic E-state index is 14.1. The molecule has 2 fully saturated rings. The molecule has 1 saturated carbocycles. The zero-order valence-electron chi connectivity index (χ0n) is 24.1. The molecule has 2 aliphatic rings. The molecule has 1 atom stereocenters. The predicted octanol–water partition coefficient (Wildman–Crippen LogP) is 4.62. The minimum Gasteiger partial charge on any atom is -0.455 e. The van der Waals surface area contributed by atoms with Crippen molar-refractivity contribution < 1.29 is 23.1 Å². The lowest BCUT2D eigenvalue weighted by Crippen LogP contribution is -2.47. The van der Waals surface area contributed by atoms with Crippen molar-refractivity contribution in [1.82, 2.24) is 20.0 Å². The molecule has 1 aliphatic carbocycles. The van der Waals surface area contributed by atoms with Gasteiger partial charge >= 0.3 is 0 Å². The quantitative estimate of drug-likeness (QED) is 0.388. The van der Waals surface area contributed by atoms with Crippen molar-refractivity contribution in [1.29, 1.82) is 0 Å². The Hall–Kier alpha value is -2.75. The maximum Gasteiger partial charge on any atom is 0.290 e. The van der Waals surface area contributed by atoms with Crippen molar-refractivity contribution in [2.24, 2.45) is 0 Å². The second-order valence-electron chi connectivity index (χ2n) is 10.8. The van der Waals surface area contributed by atoms with Gasteiger partial charge in [0.15, 0.2) is 5.76 Å². The van der Waals surface area contributed by atoms with Gasteiger partial charge in [-0.25, -0.2) is 4.39 Å². The molecule has 9 heteroatoms. The van der Waals surface area contributed by atoms with E-state index in [1.54, 1.807) is 23.1 Å². The average Bonchev–Trinajstić information content (AvgIpc) is 3.44. The summed E-state index contributed by atoms with van der Waals surface area (Å²) < 4.78 is 25.4. The SMILES string of the molecule is CCN(CC)CCCN(C(=O)c1ccc(CN2CCOCC2)o1)[C@@H](C(=O)NC1CCCCC1)c1ccc(F)cc1. The van der Waals surface area contributed by atoms with Gasteiger partial charge in [0, 0.05) is 25.7 Å². The van der Waals surface area contributed by atoms with Gasteiger partial charge in [-0.05, 0) is 68.7 Å². The Bertz CT molecular complexity index is 1060. The summed E-state index contributed by atoms with van der Waals surface area (Å²) in [6, 6.07) is 8.65. The van der Waals surface area contributed by atoms with Crippen molar-refractivity contribution in [3.63, 3.8) is 0 Å². The highest BCUT2D eigenvalue weighted by Gasteiger charge is 2.34. The summed E-state index contributed by atoms with van der Waals surface area (Å²) in [5, 5.41) is 3.21. The lowest BCUT2D eigenvalue weighted by molar-refractivity contribution is -0.127. The van der Waals surface area contributed by atoms with Crippen LogP contribution in [0.3, 0.4) is 0 Å². The van der Waals surface area contributed by atoms with E-state index < -0.39 is 6.04 Å². The van der Waals surface area contributed by atoms with Crippen molar-refractivity contribution in [3.05, 3.63) is 59.3 Å². The lowest BCUT2D eigenvalue weighted by Gasteiger charge is -2.33. The fourth-order valence-electron chi connectivity index (χ4n) is 5.70. The molecule has 8 nitrogen and oxygen atoms in total. The Morgan fingerprint density at radius 3 is 2.38 bits per heavy atom. The number of hydrogen-bond acceptors (Lipinski definition) is 6. The van der Waals surface area contributed by atoms with Gasteiger partial charge in [0.1, 0.15) is 17.6 Å². The molecule has 2 aromatic rings. The van der Waals surface area contributed by atoms with E-state index in [0.717, 1.165) is 58.4 Å². The van der Waals surface area contributed by atoms with Crippen LogP contribution in [0, 0.1) is 5.82 Å². The number of halogens is 1. The molecule has 2 amide bonds. The zero-order chi connectivity index (χ0) is 28.3. The third-order valence-electron chi connectivity index (χ3n) is 8.08. The highest BCUT2D eigenvalue weighted by atomic mass is 19.1. The summed E-state index contributed by atoms with van der Waals surface area (Å²) in [4.78, 5) is 34.1. The first-order chi connectivity index (χ1) is 19.5. The second-order valence-corrected chi connectivity index (χ2v) is 10.8. The van der Waals surface area contributed by atoms with E-state index in [9.17, 15) is 14.0 Å². The predicted molar refractivity (Wildman–Crippen MR) is 152 cm³/mol. The fraction of sp³-hybridized carbons (Fsp3) is 0.613. The topological polar surface area (TPSA) is 78.3 Å². The third-order valence-corrected chi connectivity index (χ3v) is 8.08. The molecule has 2 heterocycles. The molecule has 1 N–H and O–H groups in total. The Kier molecular flexibility index (Phi) is 11.6. The van der Waals surface area contributed by atoms with Crippen LogP contribution in [0.1, 0.15) is 80.3 Å². The Morgan fingerprint density at radius 1 is 1.00 bits per heavy atom. The molecule has 1 aromatic carbocycles. The van der Waals surface area contributed by atoms with E-state index in [1.165, 1.54) is 18.6 Å². The maximum absolute atomic E-state index is 14.1. The van der Waals surface area contributed by atoms with Crippen LogP contribution in [-0.4, -0.2) is 85.0 Å². The molecule has 0 unspecified atom stereocenters. The molecule has 40 heavy (non-hydrogen) atoms. The molecule has 1 saturated heterocycles. The van der Waals surface area contributed by atoms with Crippen LogP contribution in [0.2, 0.25) is 0 Å². The van der Waals surface area contributed by atoms with Crippen molar-refractivity contribution in [3.8, 4) is 0 Å². The lowest BCUT2D eigenvalue weighted by atomic mass is 9.94. The molecule has 4 rings (SSSR count). The molecule has 1 aromatic heterocycles. The average molecular weight is 557 g/mol. The summed E-state index contributed by atoms with van der Waals surface area (Å²) in [5.41, 5.74) is 0.589. The van der Waals surface area contributed by atoms with Gasteiger partial charge in [0.05, 0.1) is 19.8 Å². The van der Waals surface area contributed by atoms with Gasteiger partial charge < -0.3 is 24.3 Å². The second kappa shape index (κ2) is 15.3. The first-order valence-corrected chi connectivity index (χ1v) is 15.0. The number of carbonyl (C=O) groups is 2. The van der Waals surface area contributed by atoms with E-state index in [4.69, 9.17) is 9.15 Å². The van der Waals surface area contributed by atoms with E-state index in [0.29, 0.717) is 44.0 Å². The molecule has 0 bridgehead atoms. The normalized spacial score (nSPS) is 17.6. The summed E-state index contributed by atoms with van der Waals surface area (Å²) in [5.74, 6) is -0.0221. The summed E-state index contributed by atoms with van der Waals surface area (Å²) in [6.07, 6.45) is 5.90. The van der Waals surface area contributed by atoms with Gasteiger partial charge in [-0.15, -0.1) is 0 Å². The number of benzene rings is 1. The standard InChI is InChI=1S/C31H45FN4O4/c1-3-34(4-2)17-8-18-36(31(38)28-16-15-27(40-28)23-35-19-21-39-22-20-35)29(24-11-13-25(32)14-12-24)30(37)33-26-9-6-5-7-10-26/h11-16,26,29H,3-10,17-23H2,1-2H3,(H,33,37)/t29-/m1/s1. The van der Waals surface area contributed by atoms with Crippen LogP contribution in [0.4, 0.5) is 4.39 Å². The highest BCUT2D eigenvalue weighted by molar-refractivity contribution is 5.96. The molecular formula is C31H45FN4O4. The van der Waals surface area contributed by atoms with Gasteiger partial charge in [-0.1, -0.05) is 45.2 Å². The van der Waals surface area contributed by atoms with Gasteiger partial charge in [0.25, 0.3) is 5.91 Å². The Labute approximate surface area is 237 Å². The number of hydrogen-bond donors (Lipinski definition) is 1. The largest absolute Gasteiger partial charge is 0.455 e. The number of furan rings is 1. The number of nitrogens with zero attached hydrogens (tertiary/aromatic N) is 3.